The molecule has 0 aliphatic rings. The Morgan fingerprint density at radius 2 is 2.36 bits per heavy atom. The molecule has 0 saturated heterocycles. The van der Waals surface area contributed by atoms with Crippen LogP contribution in [0.2, 0.25) is 0 Å². The molecule has 76 valence electrons. The molecule has 0 atom stereocenters. The first kappa shape index (κ1) is 11.3. The summed E-state index contributed by atoms with van der Waals surface area (Å²) in [7, 11) is 1.51. The van der Waals surface area contributed by atoms with Gasteiger partial charge in [-0.15, -0.1) is 0 Å². The number of rotatable bonds is 4. The first-order valence-electron chi connectivity index (χ1n) is 4.25. The van der Waals surface area contributed by atoms with E-state index in [1.165, 1.54) is 7.11 Å². The Kier molecular flexibility index (Phi) is 4.22. The SMILES string of the molecule is COCC(=O)Cc1ncc(Br)cc1C. The number of ketones is 1. The van der Waals surface area contributed by atoms with Crippen molar-refractivity contribution in [2.24, 2.45) is 0 Å². The van der Waals surface area contributed by atoms with Crippen molar-refractivity contribution in [3.63, 3.8) is 0 Å². The molecule has 0 aliphatic heterocycles. The van der Waals surface area contributed by atoms with Gasteiger partial charge >= 0.3 is 0 Å². The molecule has 0 aromatic carbocycles. The maximum Gasteiger partial charge on any atom is 0.164 e. The highest BCUT2D eigenvalue weighted by atomic mass is 79.9. The van der Waals surface area contributed by atoms with Crippen LogP contribution in [0.4, 0.5) is 0 Å². The maximum atomic E-state index is 11.3. The molecule has 0 N–H and O–H groups in total. The summed E-state index contributed by atoms with van der Waals surface area (Å²) >= 11 is 3.32. The zero-order chi connectivity index (χ0) is 10.6. The summed E-state index contributed by atoms with van der Waals surface area (Å²) in [5.74, 6) is 0.0467. The molecule has 1 rings (SSSR count). The second-order valence-electron chi connectivity index (χ2n) is 3.07. The average Bonchev–Trinajstić information content (AvgIpc) is 2.10. The van der Waals surface area contributed by atoms with Gasteiger partial charge in [-0.05, 0) is 34.5 Å². The minimum Gasteiger partial charge on any atom is -0.377 e. The predicted octanol–water partition coefficient (Wildman–Crippen LogP) is 1.91. The third-order valence-corrected chi connectivity index (χ3v) is 2.26. The molecular weight excluding hydrogens is 246 g/mol. The molecule has 4 heteroatoms. The minimum atomic E-state index is 0.0467. The molecule has 0 saturated carbocycles. The summed E-state index contributed by atoms with van der Waals surface area (Å²) in [6.45, 7) is 2.09. The number of carbonyl (C=O) groups excluding carboxylic acids is 1. The lowest BCUT2D eigenvalue weighted by molar-refractivity contribution is -0.122. The van der Waals surface area contributed by atoms with E-state index in [0.29, 0.717) is 6.42 Å². The molecule has 0 radical (unpaired) electrons. The van der Waals surface area contributed by atoms with Crippen LogP contribution >= 0.6 is 15.9 Å². The topological polar surface area (TPSA) is 39.2 Å². The second-order valence-corrected chi connectivity index (χ2v) is 3.98. The minimum absolute atomic E-state index is 0.0467. The van der Waals surface area contributed by atoms with Crippen LogP contribution in [0.15, 0.2) is 16.7 Å². The molecule has 3 nitrogen and oxygen atoms in total. The van der Waals surface area contributed by atoms with Crippen molar-refractivity contribution >= 4 is 21.7 Å². The molecule has 0 bridgehead atoms. The molecule has 1 aromatic rings. The number of Topliss-reactive ketones (excluding diaryl/α,β-unsaturated/α-hetero) is 1. The lowest BCUT2D eigenvalue weighted by atomic mass is 10.1. The van der Waals surface area contributed by atoms with Gasteiger partial charge in [-0.25, -0.2) is 0 Å². The molecule has 1 heterocycles. The van der Waals surface area contributed by atoms with E-state index in [1.807, 2.05) is 13.0 Å². The lowest BCUT2D eigenvalue weighted by Gasteiger charge is -2.03. The summed E-state index contributed by atoms with van der Waals surface area (Å²) in [4.78, 5) is 15.4. The van der Waals surface area contributed by atoms with Crippen molar-refractivity contribution in [1.29, 1.82) is 0 Å². The third kappa shape index (κ3) is 3.20. The van der Waals surface area contributed by atoms with Crippen molar-refractivity contribution < 1.29 is 9.53 Å². The third-order valence-electron chi connectivity index (χ3n) is 1.82. The number of halogens is 1. The Labute approximate surface area is 91.6 Å². The zero-order valence-electron chi connectivity index (χ0n) is 8.21. The molecule has 0 fully saturated rings. The van der Waals surface area contributed by atoms with E-state index < -0.39 is 0 Å². The van der Waals surface area contributed by atoms with Crippen LogP contribution in [0.5, 0.6) is 0 Å². The Balaban J connectivity index is 2.72. The Morgan fingerprint density at radius 3 is 2.93 bits per heavy atom. The fourth-order valence-corrected chi connectivity index (χ4v) is 1.60. The number of hydrogen-bond donors (Lipinski definition) is 0. The number of carbonyl (C=O) groups is 1. The largest absolute Gasteiger partial charge is 0.377 e. The van der Waals surface area contributed by atoms with E-state index in [0.717, 1.165) is 15.7 Å². The van der Waals surface area contributed by atoms with Gasteiger partial charge in [0.2, 0.25) is 0 Å². The fraction of sp³-hybridized carbons (Fsp3) is 0.400. The monoisotopic (exact) mass is 257 g/mol. The van der Waals surface area contributed by atoms with Gasteiger partial charge in [0.25, 0.3) is 0 Å². The summed E-state index contributed by atoms with van der Waals surface area (Å²) in [5.41, 5.74) is 1.83. The normalized spacial score (nSPS) is 10.2. The number of nitrogens with zero attached hydrogens (tertiary/aromatic N) is 1. The van der Waals surface area contributed by atoms with Crippen molar-refractivity contribution in [3.05, 3.63) is 28.0 Å². The van der Waals surface area contributed by atoms with Crippen LogP contribution < -0.4 is 0 Å². The van der Waals surface area contributed by atoms with Gasteiger partial charge < -0.3 is 4.74 Å². The molecule has 0 amide bonds. The van der Waals surface area contributed by atoms with E-state index in [9.17, 15) is 4.79 Å². The molecule has 1 aromatic heterocycles. The van der Waals surface area contributed by atoms with Crippen molar-refractivity contribution in [3.8, 4) is 0 Å². The highest BCUT2D eigenvalue weighted by Gasteiger charge is 2.07. The van der Waals surface area contributed by atoms with Crippen LogP contribution in [0, 0.1) is 6.92 Å². The number of aromatic nitrogens is 1. The first-order chi connectivity index (χ1) is 6.63. The average molecular weight is 258 g/mol. The molecule has 0 unspecified atom stereocenters. The van der Waals surface area contributed by atoms with Gasteiger partial charge in [0, 0.05) is 17.8 Å². The lowest BCUT2D eigenvalue weighted by Crippen LogP contribution is -2.11. The fourth-order valence-electron chi connectivity index (χ4n) is 1.15. The van der Waals surface area contributed by atoms with Gasteiger partial charge in [-0.3, -0.25) is 9.78 Å². The number of ether oxygens (including phenoxy) is 1. The van der Waals surface area contributed by atoms with Gasteiger partial charge in [0.1, 0.15) is 6.61 Å². The number of hydrogen-bond acceptors (Lipinski definition) is 3. The second kappa shape index (κ2) is 5.22. The molecular formula is C10H12BrNO2. The van der Waals surface area contributed by atoms with E-state index in [2.05, 4.69) is 20.9 Å². The number of pyridine rings is 1. The van der Waals surface area contributed by atoms with Gasteiger partial charge in [0.05, 0.1) is 12.1 Å². The number of methoxy groups -OCH3 is 1. The highest BCUT2D eigenvalue weighted by molar-refractivity contribution is 9.10. The van der Waals surface area contributed by atoms with Crippen molar-refractivity contribution in [2.45, 2.75) is 13.3 Å². The Bertz CT molecular complexity index is 339. The maximum absolute atomic E-state index is 11.3. The van der Waals surface area contributed by atoms with E-state index >= 15 is 0 Å². The van der Waals surface area contributed by atoms with Crippen LogP contribution in [0.3, 0.4) is 0 Å². The standard InChI is InChI=1S/C10H12BrNO2/c1-7-3-8(11)5-12-10(7)4-9(13)6-14-2/h3,5H,4,6H2,1-2H3. The van der Waals surface area contributed by atoms with Gasteiger partial charge in [-0.1, -0.05) is 0 Å². The highest BCUT2D eigenvalue weighted by Crippen LogP contribution is 2.13. The van der Waals surface area contributed by atoms with E-state index in [1.54, 1.807) is 6.20 Å². The Morgan fingerprint density at radius 1 is 1.64 bits per heavy atom. The van der Waals surface area contributed by atoms with Gasteiger partial charge in [-0.2, -0.15) is 0 Å². The molecule has 0 spiro atoms. The number of aryl methyl sites for hydroxylation is 1. The van der Waals surface area contributed by atoms with Crippen LogP contribution in [0.1, 0.15) is 11.3 Å². The van der Waals surface area contributed by atoms with E-state index in [-0.39, 0.29) is 12.4 Å². The summed E-state index contributed by atoms with van der Waals surface area (Å²) < 4.78 is 5.68. The quantitative estimate of drug-likeness (QED) is 0.828. The predicted molar refractivity (Wildman–Crippen MR) is 57.3 cm³/mol. The Hall–Kier alpha value is -0.740. The summed E-state index contributed by atoms with van der Waals surface area (Å²) in [5, 5.41) is 0. The molecule has 0 aliphatic carbocycles. The van der Waals surface area contributed by atoms with Crippen molar-refractivity contribution in [2.75, 3.05) is 13.7 Å². The smallest absolute Gasteiger partial charge is 0.164 e. The van der Waals surface area contributed by atoms with Crippen molar-refractivity contribution in [1.82, 2.24) is 4.98 Å². The van der Waals surface area contributed by atoms with Gasteiger partial charge in [0.15, 0.2) is 5.78 Å². The zero-order valence-corrected chi connectivity index (χ0v) is 9.80. The summed E-state index contributed by atoms with van der Waals surface area (Å²) in [6, 6.07) is 1.95. The molecule has 14 heavy (non-hydrogen) atoms. The van der Waals surface area contributed by atoms with Crippen LogP contribution in [-0.2, 0) is 16.0 Å². The summed E-state index contributed by atoms with van der Waals surface area (Å²) in [6.07, 6.45) is 2.04. The van der Waals surface area contributed by atoms with Crippen LogP contribution in [-0.4, -0.2) is 24.5 Å². The van der Waals surface area contributed by atoms with Crippen LogP contribution in [0.25, 0.3) is 0 Å². The first-order valence-corrected chi connectivity index (χ1v) is 5.04. The van der Waals surface area contributed by atoms with E-state index in [4.69, 9.17) is 4.74 Å².